The Balaban J connectivity index is 1.39. The maximum atomic E-state index is 13.3. The summed E-state index contributed by atoms with van der Waals surface area (Å²) in [6.45, 7) is 0.0989. The van der Waals surface area contributed by atoms with Gasteiger partial charge in [0.1, 0.15) is 12.3 Å². The van der Waals surface area contributed by atoms with Crippen molar-refractivity contribution in [1.29, 1.82) is 0 Å². The van der Waals surface area contributed by atoms with Crippen LogP contribution in [0.4, 0.5) is 14.5 Å². The van der Waals surface area contributed by atoms with Gasteiger partial charge in [0.05, 0.1) is 18.2 Å². The van der Waals surface area contributed by atoms with Crippen LogP contribution in [-0.2, 0) is 16.1 Å². The fourth-order valence-electron chi connectivity index (χ4n) is 3.91. The molecule has 35 heavy (non-hydrogen) atoms. The van der Waals surface area contributed by atoms with Crippen LogP contribution >= 0.6 is 0 Å². The first-order valence-electron chi connectivity index (χ1n) is 10.8. The van der Waals surface area contributed by atoms with E-state index in [1.54, 1.807) is 33.8 Å². The average molecular weight is 482 g/mol. The number of carbonyl (C=O) groups excluding carboxylic acids is 2. The average Bonchev–Trinajstić information content (AvgIpc) is 3.48. The van der Waals surface area contributed by atoms with Crippen molar-refractivity contribution in [3.63, 3.8) is 0 Å². The number of amides is 2. The molecule has 0 atom stereocenters. The molecule has 1 fully saturated rings. The number of aliphatic hydroxyl groups excluding tert-OH is 1. The van der Waals surface area contributed by atoms with E-state index in [-0.39, 0.29) is 37.4 Å². The van der Waals surface area contributed by atoms with Gasteiger partial charge in [0.25, 0.3) is 5.89 Å². The fraction of sp³-hybridized carbons (Fsp3) is 0.261. The van der Waals surface area contributed by atoms with Crippen LogP contribution in [0.2, 0.25) is 0 Å². The molecule has 1 aliphatic rings. The van der Waals surface area contributed by atoms with Gasteiger partial charge >= 0.3 is 6.43 Å². The number of anilines is 1. The van der Waals surface area contributed by atoms with Gasteiger partial charge in [-0.2, -0.15) is 8.78 Å². The molecule has 1 aliphatic heterocycles. The van der Waals surface area contributed by atoms with Crippen LogP contribution < -0.4 is 4.90 Å². The van der Waals surface area contributed by atoms with E-state index in [4.69, 9.17) is 9.52 Å². The first kappa shape index (κ1) is 22.6. The highest BCUT2D eigenvalue weighted by atomic mass is 19.3. The Labute approximate surface area is 197 Å². The molecule has 5 rings (SSSR count). The molecule has 0 unspecified atom stereocenters. The van der Waals surface area contributed by atoms with Crippen LogP contribution in [0.1, 0.15) is 18.0 Å². The maximum Gasteiger partial charge on any atom is 0.314 e. The van der Waals surface area contributed by atoms with E-state index in [0.29, 0.717) is 22.6 Å². The number of halogens is 2. The number of fused-ring (bicyclic) bond motifs is 1. The Bertz CT molecular complexity index is 1370. The number of nitrogens with zero attached hydrogens (tertiary/aromatic N) is 6. The number of carbonyl (C=O) groups is 2. The monoisotopic (exact) mass is 482 g/mol. The lowest BCUT2D eigenvalue weighted by atomic mass is 9.97. The fourth-order valence-corrected chi connectivity index (χ4v) is 3.91. The Morgan fingerprint density at radius 1 is 1.17 bits per heavy atom. The summed E-state index contributed by atoms with van der Waals surface area (Å²) in [4.78, 5) is 32.6. The molecule has 0 radical (unpaired) electrons. The third-order valence-electron chi connectivity index (χ3n) is 5.76. The number of imidazole rings is 1. The summed E-state index contributed by atoms with van der Waals surface area (Å²) in [5.74, 6) is -1.73. The number of aliphatic hydroxyl groups is 1. The third-order valence-corrected chi connectivity index (χ3v) is 5.76. The standard InChI is InChI=1S/C23H20F2N6O4/c24-20(25)22-28-27-21(35-22)14-6-7-29-11-16(26-18(29)8-14)12-31(17-4-2-1-3-5-17)23(34)15-9-30(10-15)19(33)13-32/h1-8,11,15,20,32H,9-10,12-13H2. The predicted octanol–water partition coefficient (Wildman–Crippen LogP) is 2.31. The minimum Gasteiger partial charge on any atom is -0.415 e. The van der Waals surface area contributed by atoms with Crippen molar-refractivity contribution in [3.8, 4) is 11.5 Å². The van der Waals surface area contributed by atoms with Crippen molar-refractivity contribution in [1.82, 2.24) is 24.5 Å². The molecule has 10 nitrogen and oxygen atoms in total. The molecule has 12 heteroatoms. The number of benzene rings is 1. The molecule has 180 valence electrons. The van der Waals surface area contributed by atoms with E-state index in [1.807, 2.05) is 30.3 Å². The number of rotatable bonds is 7. The topological polar surface area (TPSA) is 117 Å². The van der Waals surface area contributed by atoms with Gasteiger partial charge in [0.2, 0.25) is 17.7 Å². The molecule has 0 aliphatic carbocycles. The van der Waals surface area contributed by atoms with Gasteiger partial charge in [-0.15, -0.1) is 10.2 Å². The SMILES string of the molecule is O=C(CO)N1CC(C(=O)N(Cc2cn3ccc(-c4nnc(C(F)F)o4)cc3n2)c2ccccc2)C1. The maximum absolute atomic E-state index is 13.3. The zero-order chi connectivity index (χ0) is 24.5. The van der Waals surface area contributed by atoms with Crippen LogP contribution in [0.3, 0.4) is 0 Å². The summed E-state index contributed by atoms with van der Waals surface area (Å²) in [7, 11) is 0. The lowest BCUT2D eigenvalue weighted by Crippen LogP contribution is -2.57. The lowest BCUT2D eigenvalue weighted by Gasteiger charge is -2.40. The number of aromatic nitrogens is 4. The molecular weight excluding hydrogens is 462 g/mol. The molecule has 4 heterocycles. The molecule has 1 aromatic carbocycles. The van der Waals surface area contributed by atoms with E-state index in [1.165, 1.54) is 4.90 Å². The largest absolute Gasteiger partial charge is 0.415 e. The van der Waals surface area contributed by atoms with Gasteiger partial charge in [-0.3, -0.25) is 9.59 Å². The molecule has 1 N–H and O–H groups in total. The van der Waals surface area contributed by atoms with E-state index in [9.17, 15) is 18.4 Å². The Kier molecular flexibility index (Phi) is 5.95. The van der Waals surface area contributed by atoms with Crippen LogP contribution in [0, 0.1) is 5.92 Å². The summed E-state index contributed by atoms with van der Waals surface area (Å²) in [6.07, 6.45) is 0.596. The van der Waals surface area contributed by atoms with Gasteiger partial charge in [-0.05, 0) is 24.3 Å². The number of likely N-dealkylation sites (tertiary alicyclic amines) is 1. The summed E-state index contributed by atoms with van der Waals surface area (Å²) in [5, 5.41) is 16.0. The van der Waals surface area contributed by atoms with E-state index < -0.39 is 24.8 Å². The van der Waals surface area contributed by atoms with Gasteiger partial charge < -0.3 is 23.7 Å². The van der Waals surface area contributed by atoms with Crippen molar-refractivity contribution in [2.45, 2.75) is 13.0 Å². The molecule has 2 amide bonds. The van der Waals surface area contributed by atoms with Crippen molar-refractivity contribution in [3.05, 3.63) is 66.4 Å². The Morgan fingerprint density at radius 2 is 1.94 bits per heavy atom. The van der Waals surface area contributed by atoms with Gasteiger partial charge in [0, 0.05) is 36.7 Å². The second kappa shape index (κ2) is 9.22. The molecule has 0 spiro atoms. The number of hydrogen-bond acceptors (Lipinski definition) is 7. The smallest absolute Gasteiger partial charge is 0.314 e. The molecule has 4 aromatic rings. The first-order valence-corrected chi connectivity index (χ1v) is 10.8. The number of hydrogen-bond donors (Lipinski definition) is 1. The van der Waals surface area contributed by atoms with Gasteiger partial charge in [-0.1, -0.05) is 18.2 Å². The second-order valence-electron chi connectivity index (χ2n) is 8.07. The second-order valence-corrected chi connectivity index (χ2v) is 8.07. The van der Waals surface area contributed by atoms with E-state index >= 15 is 0 Å². The zero-order valence-corrected chi connectivity index (χ0v) is 18.3. The summed E-state index contributed by atoms with van der Waals surface area (Å²) < 4.78 is 32.3. The predicted molar refractivity (Wildman–Crippen MR) is 118 cm³/mol. The zero-order valence-electron chi connectivity index (χ0n) is 18.3. The third kappa shape index (κ3) is 4.47. The van der Waals surface area contributed by atoms with Crippen LogP contribution in [0.15, 0.2) is 59.3 Å². The Hall–Kier alpha value is -4.19. The highest BCUT2D eigenvalue weighted by Gasteiger charge is 2.38. The van der Waals surface area contributed by atoms with E-state index in [0.717, 1.165) is 0 Å². The number of pyridine rings is 1. The van der Waals surface area contributed by atoms with Crippen molar-refractivity contribution in [2.24, 2.45) is 5.92 Å². The lowest BCUT2D eigenvalue weighted by molar-refractivity contribution is -0.144. The number of para-hydroxylation sites is 1. The van der Waals surface area contributed by atoms with Crippen molar-refractivity contribution < 1.29 is 27.9 Å². The molecule has 0 saturated carbocycles. The minimum absolute atomic E-state index is 0.0413. The van der Waals surface area contributed by atoms with Crippen molar-refractivity contribution in [2.75, 3.05) is 24.6 Å². The summed E-state index contributed by atoms with van der Waals surface area (Å²) in [6, 6.07) is 12.4. The van der Waals surface area contributed by atoms with Gasteiger partial charge in [-0.25, -0.2) is 4.98 Å². The van der Waals surface area contributed by atoms with Crippen LogP contribution in [0.5, 0.6) is 0 Å². The molecule has 3 aromatic heterocycles. The quantitative estimate of drug-likeness (QED) is 0.430. The molecule has 0 bridgehead atoms. The summed E-state index contributed by atoms with van der Waals surface area (Å²) in [5.41, 5.74) is 2.24. The highest BCUT2D eigenvalue weighted by molar-refractivity contribution is 5.96. The van der Waals surface area contributed by atoms with E-state index in [2.05, 4.69) is 15.2 Å². The molecular formula is C23H20F2N6O4. The van der Waals surface area contributed by atoms with Crippen LogP contribution in [0.25, 0.3) is 17.1 Å². The minimum atomic E-state index is -2.86. The van der Waals surface area contributed by atoms with Crippen LogP contribution in [-0.4, -0.2) is 61.1 Å². The first-order chi connectivity index (χ1) is 16.9. The molecule has 1 saturated heterocycles. The summed E-state index contributed by atoms with van der Waals surface area (Å²) >= 11 is 0. The normalized spacial score (nSPS) is 13.9. The van der Waals surface area contributed by atoms with Crippen molar-refractivity contribution >= 4 is 23.1 Å². The highest BCUT2D eigenvalue weighted by Crippen LogP contribution is 2.26. The van der Waals surface area contributed by atoms with Gasteiger partial charge in [0.15, 0.2) is 0 Å². The number of alkyl halides is 2. The Morgan fingerprint density at radius 3 is 2.63 bits per heavy atom.